The fourth-order valence-corrected chi connectivity index (χ4v) is 2.43. The Hall–Kier alpha value is -2.79. The van der Waals surface area contributed by atoms with Crippen LogP contribution < -0.4 is 5.32 Å². The largest absolute Gasteiger partial charge is 0.382 e. The van der Waals surface area contributed by atoms with Gasteiger partial charge >= 0.3 is 0 Å². The van der Waals surface area contributed by atoms with E-state index in [9.17, 15) is 0 Å². The van der Waals surface area contributed by atoms with E-state index in [1.807, 2.05) is 37.3 Å². The Morgan fingerprint density at radius 2 is 2.08 bits per heavy atom. The zero-order valence-electron chi connectivity index (χ0n) is 13.1. The predicted octanol–water partition coefficient (Wildman–Crippen LogP) is 4.02. The fraction of sp³-hybridized carbons (Fsp3) is 0.111. The highest BCUT2D eigenvalue weighted by molar-refractivity contribution is 6.29. The van der Waals surface area contributed by atoms with Crippen molar-refractivity contribution in [1.82, 2.24) is 20.3 Å². The Morgan fingerprint density at radius 1 is 1.21 bits per heavy atom. The van der Waals surface area contributed by atoms with Gasteiger partial charge < -0.3 is 10.7 Å². The van der Waals surface area contributed by atoms with E-state index in [0.717, 1.165) is 16.8 Å². The smallest absolute Gasteiger partial charge is 0.129 e. The van der Waals surface area contributed by atoms with E-state index < -0.39 is 0 Å². The molecule has 0 spiro atoms. The minimum Gasteiger partial charge on any atom is -0.382 e. The van der Waals surface area contributed by atoms with Crippen LogP contribution in [0, 0.1) is 5.41 Å². The van der Waals surface area contributed by atoms with Gasteiger partial charge in [0.25, 0.3) is 0 Å². The number of rotatable bonds is 5. The lowest BCUT2D eigenvalue weighted by Gasteiger charge is -2.12. The lowest BCUT2D eigenvalue weighted by molar-refractivity contribution is 0.665. The van der Waals surface area contributed by atoms with Crippen molar-refractivity contribution in [2.75, 3.05) is 0 Å². The van der Waals surface area contributed by atoms with Gasteiger partial charge in [-0.15, -0.1) is 0 Å². The highest BCUT2D eigenvalue weighted by Gasteiger charge is 2.06. The van der Waals surface area contributed by atoms with Crippen LogP contribution in [0.25, 0.3) is 16.6 Å². The quantitative estimate of drug-likeness (QED) is 0.544. The standard InChI is InChI=1S/C18H16ClN5/c1-12(15-4-2-3-7-21-15)22-11-14(9-20)13-8-17-16(23-10-13)5-6-18(19)24-17/h2-12,20,22H,1H3/b14-11+,20-9?. The molecular formula is C18H16ClN5. The van der Waals surface area contributed by atoms with Crippen LogP contribution in [0.5, 0.6) is 0 Å². The number of nitrogens with zero attached hydrogens (tertiary/aromatic N) is 3. The van der Waals surface area contributed by atoms with Crippen molar-refractivity contribution in [3.63, 3.8) is 0 Å². The summed E-state index contributed by atoms with van der Waals surface area (Å²) in [6.45, 7) is 2.01. The number of allylic oxidation sites excluding steroid dienone is 1. The second-order valence-corrected chi connectivity index (χ2v) is 5.67. The molecule has 1 unspecified atom stereocenters. The zero-order chi connectivity index (χ0) is 16.9. The number of hydrogen-bond acceptors (Lipinski definition) is 5. The Labute approximate surface area is 145 Å². The molecule has 0 radical (unpaired) electrons. The van der Waals surface area contributed by atoms with E-state index in [1.54, 1.807) is 24.7 Å². The third kappa shape index (κ3) is 3.58. The summed E-state index contributed by atoms with van der Waals surface area (Å²) in [6.07, 6.45) is 6.56. The van der Waals surface area contributed by atoms with Crippen LogP contribution in [0.15, 0.2) is 55.0 Å². The highest BCUT2D eigenvalue weighted by Crippen LogP contribution is 2.19. The minimum absolute atomic E-state index is 0.0298. The number of fused-ring (bicyclic) bond motifs is 1. The summed E-state index contributed by atoms with van der Waals surface area (Å²) < 4.78 is 0. The van der Waals surface area contributed by atoms with Crippen molar-refractivity contribution in [2.24, 2.45) is 0 Å². The first-order chi connectivity index (χ1) is 11.7. The van der Waals surface area contributed by atoms with Crippen LogP contribution in [0.4, 0.5) is 0 Å². The van der Waals surface area contributed by atoms with Gasteiger partial charge in [0.15, 0.2) is 0 Å². The van der Waals surface area contributed by atoms with Gasteiger partial charge in [-0.25, -0.2) is 4.98 Å². The third-order valence-electron chi connectivity index (χ3n) is 3.61. The molecule has 0 aromatic carbocycles. The molecule has 3 aromatic heterocycles. The molecule has 0 saturated heterocycles. The molecule has 0 amide bonds. The number of halogens is 1. The van der Waals surface area contributed by atoms with Crippen LogP contribution >= 0.6 is 11.6 Å². The first-order valence-electron chi connectivity index (χ1n) is 7.47. The zero-order valence-corrected chi connectivity index (χ0v) is 13.8. The lowest BCUT2D eigenvalue weighted by Crippen LogP contribution is -2.14. The van der Waals surface area contributed by atoms with Crippen LogP contribution in [-0.4, -0.2) is 21.2 Å². The molecule has 3 rings (SSSR count). The van der Waals surface area contributed by atoms with Gasteiger partial charge in [0.05, 0.1) is 22.8 Å². The second-order valence-electron chi connectivity index (χ2n) is 5.28. The van der Waals surface area contributed by atoms with E-state index in [4.69, 9.17) is 17.0 Å². The minimum atomic E-state index is 0.0298. The van der Waals surface area contributed by atoms with Gasteiger partial charge in [0.1, 0.15) is 5.15 Å². The number of hydrogen-bond donors (Lipinski definition) is 2. The molecular weight excluding hydrogens is 322 g/mol. The average Bonchev–Trinajstić information content (AvgIpc) is 2.62. The van der Waals surface area contributed by atoms with Crippen LogP contribution in [0.3, 0.4) is 0 Å². The van der Waals surface area contributed by atoms with E-state index in [1.165, 1.54) is 6.21 Å². The van der Waals surface area contributed by atoms with Crippen LogP contribution in [0.2, 0.25) is 5.15 Å². The second kappa shape index (κ2) is 7.19. The maximum absolute atomic E-state index is 7.67. The first kappa shape index (κ1) is 16.1. The molecule has 3 heterocycles. The van der Waals surface area contributed by atoms with E-state index in [-0.39, 0.29) is 6.04 Å². The topological polar surface area (TPSA) is 74.6 Å². The summed E-state index contributed by atoms with van der Waals surface area (Å²) in [4.78, 5) is 13.0. The molecule has 5 nitrogen and oxygen atoms in total. The van der Waals surface area contributed by atoms with E-state index in [2.05, 4.69) is 20.3 Å². The van der Waals surface area contributed by atoms with Crippen molar-refractivity contribution >= 4 is 34.4 Å². The van der Waals surface area contributed by atoms with E-state index in [0.29, 0.717) is 16.2 Å². The molecule has 24 heavy (non-hydrogen) atoms. The average molecular weight is 338 g/mol. The van der Waals surface area contributed by atoms with Crippen molar-refractivity contribution in [1.29, 1.82) is 5.41 Å². The molecule has 0 bridgehead atoms. The molecule has 0 aliphatic heterocycles. The van der Waals surface area contributed by atoms with Crippen molar-refractivity contribution in [3.05, 3.63) is 71.4 Å². The van der Waals surface area contributed by atoms with Crippen LogP contribution in [0.1, 0.15) is 24.2 Å². The Morgan fingerprint density at radius 3 is 2.83 bits per heavy atom. The maximum atomic E-state index is 7.67. The Bertz CT molecular complexity index is 892. The Balaban J connectivity index is 1.86. The third-order valence-corrected chi connectivity index (χ3v) is 3.82. The fourth-order valence-electron chi connectivity index (χ4n) is 2.28. The van der Waals surface area contributed by atoms with Gasteiger partial charge in [0.2, 0.25) is 0 Å². The Kier molecular flexibility index (Phi) is 4.82. The lowest BCUT2D eigenvalue weighted by atomic mass is 10.1. The molecule has 1 atom stereocenters. The first-order valence-corrected chi connectivity index (χ1v) is 7.85. The SMILES string of the molecule is CC(N/C=C(\C=N)c1cnc2ccc(Cl)nc2c1)c1ccccn1. The number of aromatic nitrogens is 3. The highest BCUT2D eigenvalue weighted by atomic mass is 35.5. The number of nitrogens with one attached hydrogen (secondary N) is 2. The van der Waals surface area contributed by atoms with Gasteiger partial charge in [0, 0.05) is 35.9 Å². The normalized spacial score (nSPS) is 12.8. The molecule has 3 aromatic rings. The molecule has 6 heteroatoms. The monoisotopic (exact) mass is 337 g/mol. The van der Waals surface area contributed by atoms with Crippen LogP contribution in [-0.2, 0) is 0 Å². The van der Waals surface area contributed by atoms with Crippen molar-refractivity contribution in [3.8, 4) is 0 Å². The van der Waals surface area contributed by atoms with Crippen molar-refractivity contribution < 1.29 is 0 Å². The molecule has 0 aliphatic carbocycles. The van der Waals surface area contributed by atoms with Gasteiger partial charge in [-0.1, -0.05) is 17.7 Å². The molecule has 0 fully saturated rings. The van der Waals surface area contributed by atoms with E-state index >= 15 is 0 Å². The van der Waals surface area contributed by atoms with Gasteiger partial charge in [-0.3, -0.25) is 9.97 Å². The summed E-state index contributed by atoms with van der Waals surface area (Å²) >= 11 is 5.94. The van der Waals surface area contributed by atoms with Gasteiger partial charge in [-0.2, -0.15) is 0 Å². The number of pyridine rings is 3. The molecule has 0 aliphatic rings. The summed E-state index contributed by atoms with van der Waals surface area (Å²) in [5.74, 6) is 0. The van der Waals surface area contributed by atoms with Gasteiger partial charge in [-0.05, 0) is 37.3 Å². The summed E-state index contributed by atoms with van der Waals surface area (Å²) in [5, 5.41) is 11.4. The maximum Gasteiger partial charge on any atom is 0.129 e. The predicted molar refractivity (Wildman–Crippen MR) is 97.1 cm³/mol. The summed E-state index contributed by atoms with van der Waals surface area (Å²) in [5.41, 5.74) is 3.90. The molecule has 0 saturated carbocycles. The molecule has 2 N–H and O–H groups in total. The summed E-state index contributed by atoms with van der Waals surface area (Å²) in [7, 11) is 0. The summed E-state index contributed by atoms with van der Waals surface area (Å²) in [6, 6.07) is 11.2. The van der Waals surface area contributed by atoms with Crippen molar-refractivity contribution in [2.45, 2.75) is 13.0 Å². The molecule has 120 valence electrons.